The summed E-state index contributed by atoms with van der Waals surface area (Å²) in [5.41, 5.74) is -1.40. The number of carbonyl (C=O) groups is 1. The maximum absolute atomic E-state index is 11.9. The highest BCUT2D eigenvalue weighted by Gasteiger charge is 2.36. The van der Waals surface area contributed by atoms with Crippen LogP contribution in [0.1, 0.15) is 13.8 Å². The second kappa shape index (κ2) is 4.65. The maximum Gasteiger partial charge on any atom is 0.295 e. The highest BCUT2D eigenvalue weighted by Crippen LogP contribution is 2.15. The Morgan fingerprint density at radius 2 is 1.81 bits per heavy atom. The second-order valence-electron chi connectivity index (χ2n) is 4.42. The van der Waals surface area contributed by atoms with Crippen molar-refractivity contribution < 1.29 is 14.7 Å². The lowest BCUT2D eigenvalue weighted by atomic mass is 10.1. The van der Waals surface area contributed by atoms with E-state index in [1.165, 1.54) is 13.8 Å². The van der Waals surface area contributed by atoms with Gasteiger partial charge in [-0.3, -0.25) is 9.63 Å². The van der Waals surface area contributed by atoms with Crippen LogP contribution >= 0.6 is 0 Å². The summed E-state index contributed by atoms with van der Waals surface area (Å²) in [5, 5.41) is 9.34. The number of likely N-dealkylation sites (N-methyl/N-ethyl adjacent to an activating group) is 1. The molecule has 1 rings (SSSR count). The van der Waals surface area contributed by atoms with Crippen LogP contribution in [0.3, 0.4) is 0 Å². The molecule has 0 aromatic rings. The van der Waals surface area contributed by atoms with Crippen molar-refractivity contribution in [1.29, 1.82) is 0 Å². The molecule has 1 aliphatic heterocycles. The first-order chi connectivity index (χ1) is 7.33. The summed E-state index contributed by atoms with van der Waals surface area (Å²) in [6.45, 7) is 5.55. The zero-order chi connectivity index (χ0) is 12.3. The van der Waals surface area contributed by atoms with Gasteiger partial charge in [0.05, 0.1) is 0 Å². The van der Waals surface area contributed by atoms with Gasteiger partial charge in [-0.1, -0.05) is 0 Å². The monoisotopic (exact) mass is 231 g/mol. The van der Waals surface area contributed by atoms with E-state index in [4.69, 9.17) is 0 Å². The molecule has 0 N–H and O–H groups in total. The van der Waals surface area contributed by atoms with Crippen molar-refractivity contribution in [2.45, 2.75) is 19.4 Å². The van der Waals surface area contributed by atoms with Crippen molar-refractivity contribution in [3.05, 3.63) is 10.1 Å². The topological polar surface area (TPSA) is 75.9 Å². The number of carbonyl (C=O) groups excluding carboxylic acids is 1. The number of amides is 1. The van der Waals surface area contributed by atoms with Crippen LogP contribution in [0.4, 0.5) is 0 Å². The Labute approximate surface area is 94.1 Å². The maximum atomic E-state index is 11.9. The minimum Gasteiger partial charge on any atom is -0.338 e. The third kappa shape index (κ3) is 3.06. The van der Waals surface area contributed by atoms with Crippen LogP contribution in [0.15, 0.2) is 0 Å². The molecular formula is C9H17N3O4. The van der Waals surface area contributed by atoms with Gasteiger partial charge in [-0.05, 0) is 20.9 Å². The Morgan fingerprint density at radius 1 is 1.31 bits per heavy atom. The van der Waals surface area contributed by atoms with Gasteiger partial charge in [0.25, 0.3) is 11.0 Å². The summed E-state index contributed by atoms with van der Waals surface area (Å²) in [6, 6.07) is 0. The van der Waals surface area contributed by atoms with Crippen LogP contribution < -0.4 is 0 Å². The third-order valence-corrected chi connectivity index (χ3v) is 2.61. The normalized spacial score (nSPS) is 18.3. The van der Waals surface area contributed by atoms with E-state index in [1.54, 1.807) is 4.90 Å². The van der Waals surface area contributed by atoms with E-state index in [9.17, 15) is 14.9 Å². The predicted octanol–water partition coefficient (Wildman–Crippen LogP) is -0.253. The molecule has 16 heavy (non-hydrogen) atoms. The van der Waals surface area contributed by atoms with Gasteiger partial charge < -0.3 is 9.80 Å². The van der Waals surface area contributed by atoms with Gasteiger partial charge >= 0.3 is 0 Å². The molecule has 0 unspecified atom stereocenters. The van der Waals surface area contributed by atoms with E-state index in [2.05, 4.69) is 9.74 Å². The van der Waals surface area contributed by atoms with Crippen molar-refractivity contribution in [2.75, 3.05) is 33.2 Å². The fourth-order valence-corrected chi connectivity index (χ4v) is 1.62. The Kier molecular flexibility index (Phi) is 3.69. The molecule has 0 bridgehead atoms. The minimum absolute atomic E-state index is 0.336. The van der Waals surface area contributed by atoms with E-state index in [1.807, 2.05) is 7.05 Å². The van der Waals surface area contributed by atoms with Crippen LogP contribution in [-0.4, -0.2) is 59.6 Å². The van der Waals surface area contributed by atoms with Gasteiger partial charge in [0.15, 0.2) is 5.60 Å². The highest BCUT2D eigenvalue weighted by atomic mass is 17.0. The van der Waals surface area contributed by atoms with Gasteiger partial charge in [-0.15, -0.1) is 10.1 Å². The minimum atomic E-state index is -1.40. The van der Waals surface area contributed by atoms with Crippen LogP contribution in [-0.2, 0) is 9.63 Å². The molecule has 1 saturated heterocycles. The number of hydrogen-bond donors (Lipinski definition) is 0. The molecule has 92 valence electrons. The van der Waals surface area contributed by atoms with E-state index in [0.717, 1.165) is 13.1 Å². The molecular weight excluding hydrogens is 214 g/mol. The summed E-state index contributed by atoms with van der Waals surface area (Å²) in [4.78, 5) is 30.3. The molecule has 0 aliphatic carbocycles. The predicted molar refractivity (Wildman–Crippen MR) is 56.2 cm³/mol. The van der Waals surface area contributed by atoms with Crippen molar-refractivity contribution >= 4 is 5.91 Å². The van der Waals surface area contributed by atoms with E-state index in [0.29, 0.717) is 13.1 Å². The molecule has 1 amide bonds. The largest absolute Gasteiger partial charge is 0.338 e. The van der Waals surface area contributed by atoms with Gasteiger partial charge in [-0.2, -0.15) is 0 Å². The average Bonchev–Trinajstić information content (AvgIpc) is 2.16. The van der Waals surface area contributed by atoms with Gasteiger partial charge in [0, 0.05) is 26.2 Å². The third-order valence-electron chi connectivity index (χ3n) is 2.61. The zero-order valence-electron chi connectivity index (χ0n) is 9.80. The van der Waals surface area contributed by atoms with Gasteiger partial charge in [0.2, 0.25) is 0 Å². The van der Waals surface area contributed by atoms with Crippen molar-refractivity contribution in [3.63, 3.8) is 0 Å². The molecule has 0 spiro atoms. The summed E-state index contributed by atoms with van der Waals surface area (Å²) in [5.74, 6) is -0.336. The Balaban J connectivity index is 2.59. The molecule has 1 aliphatic rings. The van der Waals surface area contributed by atoms with Gasteiger partial charge in [0.1, 0.15) is 0 Å². The Hall–Kier alpha value is -1.37. The van der Waals surface area contributed by atoms with E-state index in [-0.39, 0.29) is 5.91 Å². The van der Waals surface area contributed by atoms with E-state index < -0.39 is 10.7 Å². The number of piperazine rings is 1. The van der Waals surface area contributed by atoms with Gasteiger partial charge in [-0.25, -0.2) is 0 Å². The molecule has 7 nitrogen and oxygen atoms in total. The summed E-state index contributed by atoms with van der Waals surface area (Å²) in [7, 11) is 1.97. The summed E-state index contributed by atoms with van der Waals surface area (Å²) < 4.78 is 0. The van der Waals surface area contributed by atoms with Crippen LogP contribution in [0.25, 0.3) is 0 Å². The molecule has 0 atom stereocenters. The fraction of sp³-hybridized carbons (Fsp3) is 0.889. The quantitative estimate of drug-likeness (QED) is 0.494. The molecule has 1 heterocycles. The summed E-state index contributed by atoms with van der Waals surface area (Å²) in [6.07, 6.45) is 0. The standard InChI is InChI=1S/C9H17N3O4/c1-9(2,16-12(14)15)8(13)11-6-4-10(3)5-7-11/h4-7H2,1-3H3. The molecule has 0 aromatic heterocycles. The number of hydrogen-bond acceptors (Lipinski definition) is 5. The fourth-order valence-electron chi connectivity index (χ4n) is 1.62. The Morgan fingerprint density at radius 3 is 2.25 bits per heavy atom. The second-order valence-corrected chi connectivity index (χ2v) is 4.42. The molecule has 0 saturated carbocycles. The van der Waals surface area contributed by atoms with Crippen LogP contribution in [0, 0.1) is 10.1 Å². The first kappa shape index (κ1) is 12.7. The molecule has 0 aromatic carbocycles. The molecule has 0 radical (unpaired) electrons. The van der Waals surface area contributed by atoms with Crippen molar-refractivity contribution in [2.24, 2.45) is 0 Å². The lowest BCUT2D eigenvalue weighted by Gasteiger charge is -2.36. The average molecular weight is 231 g/mol. The highest BCUT2D eigenvalue weighted by molar-refractivity contribution is 5.84. The Bertz CT molecular complexity index is 284. The lowest BCUT2D eigenvalue weighted by Crippen LogP contribution is -2.54. The lowest BCUT2D eigenvalue weighted by molar-refractivity contribution is -0.774. The summed E-state index contributed by atoms with van der Waals surface area (Å²) >= 11 is 0. The zero-order valence-corrected chi connectivity index (χ0v) is 9.80. The first-order valence-corrected chi connectivity index (χ1v) is 5.14. The van der Waals surface area contributed by atoms with Crippen molar-refractivity contribution in [3.8, 4) is 0 Å². The SMILES string of the molecule is CN1CCN(C(=O)C(C)(C)O[N+](=O)[O-])CC1. The first-order valence-electron chi connectivity index (χ1n) is 5.14. The molecule has 7 heteroatoms. The van der Waals surface area contributed by atoms with Crippen molar-refractivity contribution in [1.82, 2.24) is 9.80 Å². The van der Waals surface area contributed by atoms with E-state index >= 15 is 0 Å². The number of nitrogens with zero attached hydrogens (tertiary/aromatic N) is 3. The number of rotatable bonds is 3. The smallest absolute Gasteiger partial charge is 0.295 e. The molecule has 1 fully saturated rings. The van der Waals surface area contributed by atoms with Crippen LogP contribution in [0.5, 0.6) is 0 Å². The van der Waals surface area contributed by atoms with Crippen LogP contribution in [0.2, 0.25) is 0 Å².